The normalized spacial score (nSPS) is 14.7. The topological polar surface area (TPSA) is 95.9 Å². The van der Waals surface area contributed by atoms with E-state index in [1.54, 1.807) is 24.0 Å². The van der Waals surface area contributed by atoms with Gasteiger partial charge in [0.1, 0.15) is 12.6 Å². The summed E-state index contributed by atoms with van der Waals surface area (Å²) in [6.07, 6.45) is -0.0804. The second-order valence-corrected chi connectivity index (χ2v) is 8.58. The van der Waals surface area contributed by atoms with Gasteiger partial charge in [-0.3, -0.25) is 4.79 Å². The number of carbonyl (C=O) groups excluding carboxylic acids is 2. The van der Waals surface area contributed by atoms with Gasteiger partial charge in [0.25, 0.3) is 0 Å². The van der Waals surface area contributed by atoms with E-state index >= 15 is 0 Å². The van der Waals surface area contributed by atoms with Crippen molar-refractivity contribution in [3.63, 3.8) is 0 Å². The van der Waals surface area contributed by atoms with Crippen LogP contribution in [0.3, 0.4) is 0 Å². The van der Waals surface area contributed by atoms with Crippen molar-refractivity contribution in [1.29, 1.82) is 0 Å². The number of hydrogen-bond donors (Lipinski definition) is 2. The number of benzene rings is 3. The summed E-state index contributed by atoms with van der Waals surface area (Å²) in [6.45, 7) is 2.23. The predicted molar refractivity (Wildman–Crippen MR) is 127 cm³/mol. The van der Waals surface area contributed by atoms with Gasteiger partial charge >= 0.3 is 12.1 Å². The molecule has 3 aromatic carbocycles. The Hall–Kier alpha value is -4.13. The molecular formula is C27H24N2O5. The first-order valence-electron chi connectivity index (χ1n) is 11.2. The summed E-state index contributed by atoms with van der Waals surface area (Å²) in [5.74, 6) is -1.33. The van der Waals surface area contributed by atoms with Crippen LogP contribution in [-0.4, -0.2) is 42.3 Å². The fourth-order valence-corrected chi connectivity index (χ4v) is 4.88. The van der Waals surface area contributed by atoms with E-state index < -0.39 is 18.1 Å². The highest BCUT2D eigenvalue weighted by Gasteiger charge is 2.31. The number of ether oxygens (including phenoxy) is 1. The lowest BCUT2D eigenvalue weighted by Crippen LogP contribution is -2.46. The van der Waals surface area contributed by atoms with E-state index in [9.17, 15) is 19.5 Å². The average Bonchev–Trinajstić information content (AvgIpc) is 3.41. The molecule has 7 heteroatoms. The summed E-state index contributed by atoms with van der Waals surface area (Å²) >= 11 is 0. The molecule has 172 valence electrons. The molecule has 0 bridgehead atoms. The van der Waals surface area contributed by atoms with Crippen molar-refractivity contribution in [1.82, 2.24) is 5.32 Å². The van der Waals surface area contributed by atoms with Gasteiger partial charge in [0.15, 0.2) is 0 Å². The van der Waals surface area contributed by atoms with Crippen molar-refractivity contribution >= 4 is 23.7 Å². The van der Waals surface area contributed by atoms with Crippen LogP contribution in [0.4, 0.5) is 10.5 Å². The van der Waals surface area contributed by atoms with Gasteiger partial charge in [0.05, 0.1) is 5.56 Å². The van der Waals surface area contributed by atoms with Gasteiger partial charge in [0.2, 0.25) is 5.91 Å². The molecule has 0 saturated heterocycles. The summed E-state index contributed by atoms with van der Waals surface area (Å²) in [5, 5.41) is 11.8. The van der Waals surface area contributed by atoms with Crippen LogP contribution in [0.2, 0.25) is 0 Å². The number of nitrogens with one attached hydrogen (secondary N) is 1. The molecule has 3 aromatic rings. The average molecular weight is 456 g/mol. The molecule has 0 spiro atoms. The van der Waals surface area contributed by atoms with E-state index in [-0.39, 0.29) is 24.0 Å². The lowest BCUT2D eigenvalue weighted by Gasteiger charge is -2.22. The molecular weight excluding hydrogens is 432 g/mol. The minimum Gasteiger partial charge on any atom is -0.478 e. The monoisotopic (exact) mass is 456 g/mol. The Morgan fingerprint density at radius 1 is 1.03 bits per heavy atom. The van der Waals surface area contributed by atoms with Crippen molar-refractivity contribution in [3.8, 4) is 11.1 Å². The molecule has 1 atom stereocenters. The Labute approximate surface area is 197 Å². The van der Waals surface area contributed by atoms with Crippen molar-refractivity contribution in [2.75, 3.05) is 18.1 Å². The van der Waals surface area contributed by atoms with Gasteiger partial charge in [0, 0.05) is 18.2 Å². The minimum atomic E-state index is -1.00. The van der Waals surface area contributed by atoms with Crippen molar-refractivity contribution in [2.45, 2.75) is 25.3 Å². The van der Waals surface area contributed by atoms with Crippen LogP contribution in [0.1, 0.15) is 39.9 Å². The van der Waals surface area contributed by atoms with Crippen molar-refractivity contribution in [2.24, 2.45) is 0 Å². The van der Waals surface area contributed by atoms with E-state index in [0.29, 0.717) is 18.7 Å². The number of alkyl carbamates (subject to hydrolysis) is 1. The Morgan fingerprint density at radius 3 is 2.32 bits per heavy atom. The number of amides is 2. The van der Waals surface area contributed by atoms with E-state index in [0.717, 1.165) is 27.8 Å². The number of carbonyl (C=O) groups is 3. The van der Waals surface area contributed by atoms with Crippen molar-refractivity contribution < 1.29 is 24.2 Å². The highest BCUT2D eigenvalue weighted by Crippen LogP contribution is 2.44. The fourth-order valence-electron chi connectivity index (χ4n) is 4.88. The Morgan fingerprint density at radius 2 is 1.68 bits per heavy atom. The molecule has 2 amide bonds. The lowest BCUT2D eigenvalue weighted by atomic mass is 9.98. The molecule has 0 aromatic heterocycles. The number of carboxylic acids is 1. The highest BCUT2D eigenvalue weighted by molar-refractivity contribution is 6.00. The molecule has 0 unspecified atom stereocenters. The first-order chi connectivity index (χ1) is 16.4. The highest BCUT2D eigenvalue weighted by atomic mass is 16.5. The summed E-state index contributed by atoms with van der Waals surface area (Å²) in [4.78, 5) is 38.3. The van der Waals surface area contributed by atoms with Gasteiger partial charge in [-0.1, -0.05) is 48.5 Å². The number of hydrogen-bond acceptors (Lipinski definition) is 4. The Bertz CT molecular complexity index is 1260. The quantitative estimate of drug-likeness (QED) is 0.600. The van der Waals surface area contributed by atoms with Crippen LogP contribution < -0.4 is 10.2 Å². The summed E-state index contributed by atoms with van der Waals surface area (Å²) < 4.78 is 5.55. The minimum absolute atomic E-state index is 0.0574. The van der Waals surface area contributed by atoms with Gasteiger partial charge in [-0.25, -0.2) is 9.59 Å². The third-order valence-electron chi connectivity index (χ3n) is 6.54. The standard InChI is InChI=1S/C27H24N2O5/c1-16(25(30)29-13-12-17-14-18(26(31)32)10-11-24(17)29)28-27(33)34-15-23-21-8-4-2-6-19(21)20-7-3-5-9-22(20)23/h2-11,14,16,23H,12-13,15H2,1H3,(H,28,33)(H,31,32)/t16-/m1/s1. The van der Waals surface area contributed by atoms with Crippen LogP contribution in [0.25, 0.3) is 11.1 Å². The summed E-state index contributed by atoms with van der Waals surface area (Å²) in [6, 6.07) is 20.1. The maximum Gasteiger partial charge on any atom is 0.407 e. The number of aromatic carboxylic acids is 1. The molecule has 1 aliphatic carbocycles. The largest absolute Gasteiger partial charge is 0.478 e. The lowest BCUT2D eigenvalue weighted by molar-refractivity contribution is -0.120. The second kappa shape index (κ2) is 8.67. The maximum atomic E-state index is 13.0. The van der Waals surface area contributed by atoms with E-state index in [1.165, 1.54) is 6.07 Å². The van der Waals surface area contributed by atoms with E-state index in [2.05, 4.69) is 17.4 Å². The van der Waals surface area contributed by atoms with Crippen LogP contribution in [0.15, 0.2) is 66.7 Å². The smallest absolute Gasteiger partial charge is 0.407 e. The summed E-state index contributed by atoms with van der Waals surface area (Å²) in [5.41, 5.74) is 6.21. The second-order valence-electron chi connectivity index (χ2n) is 8.58. The Balaban J connectivity index is 1.22. The first-order valence-corrected chi connectivity index (χ1v) is 11.2. The molecule has 0 saturated carbocycles. The number of anilines is 1. The molecule has 2 N–H and O–H groups in total. The molecule has 0 radical (unpaired) electrons. The van der Waals surface area contributed by atoms with Gasteiger partial charge in [-0.05, 0) is 59.4 Å². The van der Waals surface area contributed by atoms with Crippen LogP contribution in [0.5, 0.6) is 0 Å². The third kappa shape index (κ3) is 3.79. The zero-order chi connectivity index (χ0) is 23.8. The van der Waals surface area contributed by atoms with Crippen molar-refractivity contribution in [3.05, 3.63) is 89.0 Å². The van der Waals surface area contributed by atoms with Crippen LogP contribution in [-0.2, 0) is 16.0 Å². The van der Waals surface area contributed by atoms with E-state index in [4.69, 9.17) is 4.74 Å². The first kappa shape index (κ1) is 21.7. The molecule has 1 heterocycles. The number of rotatable bonds is 5. The molecule has 7 nitrogen and oxygen atoms in total. The Kier molecular flexibility index (Phi) is 5.53. The summed E-state index contributed by atoms with van der Waals surface area (Å²) in [7, 11) is 0. The van der Waals surface area contributed by atoms with Crippen LogP contribution in [0, 0.1) is 0 Å². The molecule has 34 heavy (non-hydrogen) atoms. The molecule has 2 aliphatic rings. The van der Waals surface area contributed by atoms with Gasteiger partial charge in [-0.15, -0.1) is 0 Å². The molecule has 5 rings (SSSR count). The molecule has 1 aliphatic heterocycles. The molecule has 0 fully saturated rings. The fraction of sp³-hybridized carbons (Fsp3) is 0.222. The number of nitrogens with zero attached hydrogens (tertiary/aromatic N) is 1. The number of fused-ring (bicyclic) bond motifs is 4. The zero-order valence-corrected chi connectivity index (χ0v) is 18.7. The zero-order valence-electron chi connectivity index (χ0n) is 18.7. The SMILES string of the molecule is C[C@@H](NC(=O)OCC1c2ccccc2-c2ccccc21)C(=O)N1CCc2cc(C(=O)O)ccc21. The van der Waals surface area contributed by atoms with Crippen LogP contribution >= 0.6 is 0 Å². The number of carboxylic acid groups (broad SMARTS) is 1. The van der Waals surface area contributed by atoms with Gasteiger partial charge < -0.3 is 20.1 Å². The van der Waals surface area contributed by atoms with E-state index in [1.807, 2.05) is 36.4 Å². The predicted octanol–water partition coefficient (Wildman–Crippen LogP) is 4.20. The maximum absolute atomic E-state index is 13.0. The van der Waals surface area contributed by atoms with Gasteiger partial charge in [-0.2, -0.15) is 0 Å². The third-order valence-corrected chi connectivity index (χ3v) is 6.54.